The van der Waals surface area contributed by atoms with Crippen LogP contribution in [0.15, 0.2) is 12.4 Å². The summed E-state index contributed by atoms with van der Waals surface area (Å²) < 4.78 is 61.1. The molecule has 0 aliphatic carbocycles. The second kappa shape index (κ2) is 4.30. The maximum Gasteiger partial charge on any atom is 0.453 e. The molecule has 0 spiro atoms. The fraction of sp³-hybridized carbons (Fsp3) is 0.500. The van der Waals surface area contributed by atoms with Gasteiger partial charge in [-0.3, -0.25) is 4.68 Å². The second-order valence-electron chi connectivity index (χ2n) is 3.25. The second-order valence-corrected chi connectivity index (χ2v) is 3.25. The van der Waals surface area contributed by atoms with E-state index in [1.165, 1.54) is 0 Å². The van der Waals surface area contributed by atoms with E-state index in [-0.39, 0.29) is 5.56 Å². The number of carbonyl (C=O) groups is 1. The van der Waals surface area contributed by atoms with Gasteiger partial charge in [0.05, 0.1) is 11.8 Å². The highest BCUT2D eigenvalue weighted by Crippen LogP contribution is 2.38. The third kappa shape index (κ3) is 3.14. The Balaban J connectivity index is 2.64. The molecule has 0 bridgehead atoms. The summed E-state index contributed by atoms with van der Waals surface area (Å²) in [7, 11) is 0. The predicted octanol–water partition coefficient (Wildman–Crippen LogP) is 2.17. The van der Waals surface area contributed by atoms with Crippen LogP contribution in [0, 0.1) is 0 Å². The van der Waals surface area contributed by atoms with E-state index < -0.39 is 31.0 Å². The summed E-state index contributed by atoms with van der Waals surface area (Å²) >= 11 is 0. The molecule has 96 valence electrons. The maximum atomic E-state index is 12.5. The minimum absolute atomic E-state index is 0.277. The topological polar surface area (TPSA) is 55.1 Å². The van der Waals surface area contributed by atoms with E-state index in [1.807, 2.05) is 0 Å². The number of aryl methyl sites for hydroxylation is 1. The normalized spacial score (nSPS) is 12.8. The molecule has 0 aromatic carbocycles. The van der Waals surface area contributed by atoms with E-state index in [0.29, 0.717) is 0 Å². The summed E-state index contributed by atoms with van der Waals surface area (Å²) in [4.78, 5) is 10.4. The zero-order valence-corrected chi connectivity index (χ0v) is 8.21. The summed E-state index contributed by atoms with van der Waals surface area (Å²) in [5.74, 6) is -6.15. The van der Waals surface area contributed by atoms with Gasteiger partial charge in [-0.25, -0.2) is 4.79 Å². The van der Waals surface area contributed by atoms with Crippen LogP contribution in [0.1, 0.15) is 16.8 Å². The highest BCUT2D eigenvalue weighted by molar-refractivity contribution is 5.86. The van der Waals surface area contributed by atoms with Gasteiger partial charge < -0.3 is 5.11 Å². The van der Waals surface area contributed by atoms with E-state index >= 15 is 0 Å². The molecular formula is C8H7F5N2O2. The van der Waals surface area contributed by atoms with Gasteiger partial charge in [-0.2, -0.15) is 27.1 Å². The molecule has 0 aliphatic heterocycles. The SMILES string of the molecule is O=C(O)c1cnn(CCC(F)(F)C(F)(F)F)c1. The first kappa shape index (κ1) is 13.4. The number of halogens is 5. The van der Waals surface area contributed by atoms with Crippen molar-refractivity contribution in [3.8, 4) is 0 Å². The van der Waals surface area contributed by atoms with Crippen molar-refractivity contribution in [3.63, 3.8) is 0 Å². The van der Waals surface area contributed by atoms with E-state index in [0.717, 1.165) is 17.1 Å². The Morgan fingerprint density at radius 2 is 1.94 bits per heavy atom. The molecule has 0 amide bonds. The Morgan fingerprint density at radius 1 is 1.35 bits per heavy atom. The highest BCUT2D eigenvalue weighted by atomic mass is 19.4. The lowest BCUT2D eigenvalue weighted by atomic mass is 10.2. The van der Waals surface area contributed by atoms with E-state index in [2.05, 4.69) is 5.10 Å². The smallest absolute Gasteiger partial charge is 0.453 e. The van der Waals surface area contributed by atoms with Crippen molar-refractivity contribution < 1.29 is 31.9 Å². The summed E-state index contributed by atoms with van der Waals surface area (Å²) in [5.41, 5.74) is -0.277. The van der Waals surface area contributed by atoms with Crippen LogP contribution in [0.2, 0.25) is 0 Å². The number of hydrogen-bond acceptors (Lipinski definition) is 2. The first-order valence-electron chi connectivity index (χ1n) is 4.34. The summed E-state index contributed by atoms with van der Waals surface area (Å²) in [6.45, 7) is -0.722. The molecule has 1 heterocycles. The molecule has 4 nitrogen and oxygen atoms in total. The molecule has 1 N–H and O–H groups in total. The van der Waals surface area contributed by atoms with Gasteiger partial charge in [-0.1, -0.05) is 0 Å². The molecule has 0 radical (unpaired) electrons. The van der Waals surface area contributed by atoms with Gasteiger partial charge >= 0.3 is 18.1 Å². The largest absolute Gasteiger partial charge is 0.478 e. The van der Waals surface area contributed by atoms with Crippen molar-refractivity contribution in [2.24, 2.45) is 0 Å². The Kier molecular flexibility index (Phi) is 3.39. The third-order valence-corrected chi connectivity index (χ3v) is 1.95. The lowest BCUT2D eigenvalue weighted by Crippen LogP contribution is -2.37. The molecule has 0 saturated heterocycles. The molecule has 0 unspecified atom stereocenters. The zero-order valence-electron chi connectivity index (χ0n) is 8.21. The Morgan fingerprint density at radius 3 is 2.35 bits per heavy atom. The number of carboxylic acids is 1. The zero-order chi connectivity index (χ0) is 13.3. The van der Waals surface area contributed by atoms with Crippen LogP contribution >= 0.6 is 0 Å². The van der Waals surface area contributed by atoms with Gasteiger partial charge in [0.25, 0.3) is 0 Å². The molecule has 0 saturated carbocycles. The molecule has 9 heteroatoms. The molecule has 1 rings (SSSR count). The number of aromatic nitrogens is 2. The van der Waals surface area contributed by atoms with Crippen LogP contribution in [-0.4, -0.2) is 33.0 Å². The quantitative estimate of drug-likeness (QED) is 0.842. The summed E-state index contributed by atoms with van der Waals surface area (Å²) in [5, 5.41) is 11.8. The molecular weight excluding hydrogens is 251 g/mol. The average molecular weight is 258 g/mol. The molecule has 1 aromatic heterocycles. The lowest BCUT2D eigenvalue weighted by molar-refractivity contribution is -0.285. The lowest BCUT2D eigenvalue weighted by Gasteiger charge is -2.19. The number of alkyl halides is 5. The monoisotopic (exact) mass is 258 g/mol. The standard InChI is InChI=1S/C8H7F5N2O2/c9-7(10,8(11,12)13)1-2-15-4-5(3-14-15)6(16)17/h3-4H,1-2H2,(H,16,17). The van der Waals surface area contributed by atoms with E-state index in [4.69, 9.17) is 5.11 Å². The van der Waals surface area contributed by atoms with Gasteiger partial charge in [-0.05, 0) is 0 Å². The summed E-state index contributed by atoms with van der Waals surface area (Å²) in [6.07, 6.45) is -5.35. The van der Waals surface area contributed by atoms with Crippen LogP contribution in [0.5, 0.6) is 0 Å². The first-order chi connectivity index (χ1) is 7.63. The van der Waals surface area contributed by atoms with Crippen LogP contribution in [0.4, 0.5) is 22.0 Å². The number of aromatic carboxylic acids is 1. The van der Waals surface area contributed by atoms with Gasteiger partial charge in [0.1, 0.15) is 0 Å². The molecule has 0 aliphatic rings. The minimum atomic E-state index is -5.62. The minimum Gasteiger partial charge on any atom is -0.478 e. The fourth-order valence-electron chi connectivity index (χ4n) is 0.993. The highest BCUT2D eigenvalue weighted by Gasteiger charge is 2.56. The maximum absolute atomic E-state index is 12.5. The van der Waals surface area contributed by atoms with Crippen LogP contribution in [-0.2, 0) is 6.54 Å². The van der Waals surface area contributed by atoms with Crippen LogP contribution in [0.3, 0.4) is 0 Å². The van der Waals surface area contributed by atoms with Crippen molar-refractivity contribution in [2.75, 3.05) is 0 Å². The Labute approximate surface area is 91.6 Å². The van der Waals surface area contributed by atoms with Gasteiger partial charge in [0.15, 0.2) is 0 Å². The van der Waals surface area contributed by atoms with E-state index in [9.17, 15) is 26.7 Å². The Hall–Kier alpha value is -1.67. The predicted molar refractivity (Wildman–Crippen MR) is 44.8 cm³/mol. The van der Waals surface area contributed by atoms with Gasteiger partial charge in [-0.15, -0.1) is 0 Å². The fourth-order valence-corrected chi connectivity index (χ4v) is 0.993. The van der Waals surface area contributed by atoms with Crippen molar-refractivity contribution in [1.82, 2.24) is 9.78 Å². The first-order valence-corrected chi connectivity index (χ1v) is 4.34. The van der Waals surface area contributed by atoms with E-state index in [1.54, 1.807) is 0 Å². The number of nitrogens with zero attached hydrogens (tertiary/aromatic N) is 2. The van der Waals surface area contributed by atoms with Crippen LogP contribution < -0.4 is 0 Å². The van der Waals surface area contributed by atoms with Crippen molar-refractivity contribution in [1.29, 1.82) is 0 Å². The van der Waals surface area contributed by atoms with Gasteiger partial charge in [0.2, 0.25) is 0 Å². The molecule has 17 heavy (non-hydrogen) atoms. The molecule has 1 aromatic rings. The van der Waals surface area contributed by atoms with Crippen molar-refractivity contribution in [2.45, 2.75) is 25.1 Å². The molecule has 0 fully saturated rings. The number of rotatable bonds is 4. The number of hydrogen-bond donors (Lipinski definition) is 1. The van der Waals surface area contributed by atoms with Gasteiger partial charge in [0, 0.05) is 19.2 Å². The van der Waals surface area contributed by atoms with Crippen LogP contribution in [0.25, 0.3) is 0 Å². The Bertz CT molecular complexity index is 412. The average Bonchev–Trinajstić information content (AvgIpc) is 2.61. The molecule has 0 atom stereocenters. The van der Waals surface area contributed by atoms with Crippen molar-refractivity contribution in [3.05, 3.63) is 18.0 Å². The van der Waals surface area contributed by atoms with Crippen molar-refractivity contribution >= 4 is 5.97 Å². The number of carboxylic acid groups (broad SMARTS) is 1. The summed E-state index contributed by atoms with van der Waals surface area (Å²) in [6, 6.07) is 0. The third-order valence-electron chi connectivity index (χ3n) is 1.95.